The third-order valence-corrected chi connectivity index (χ3v) is 5.94. The highest BCUT2D eigenvalue weighted by Gasteiger charge is 2.34. The highest BCUT2D eigenvalue weighted by Crippen LogP contribution is 2.37. The first kappa shape index (κ1) is 24.0. The van der Waals surface area contributed by atoms with E-state index in [0.717, 1.165) is 25.7 Å². The molecule has 0 aliphatic carbocycles. The Morgan fingerprint density at radius 2 is 1.88 bits per heavy atom. The molecular formula is C23H26F3N5O3. The van der Waals surface area contributed by atoms with Crippen LogP contribution in [-0.2, 0) is 6.18 Å². The average Bonchev–Trinajstić information content (AvgIpc) is 3.27. The van der Waals surface area contributed by atoms with Crippen LogP contribution in [0.2, 0.25) is 0 Å². The number of amides is 1. The Balaban J connectivity index is 1.78. The first-order valence-electron chi connectivity index (χ1n) is 11.0. The topological polar surface area (TPSA) is 97.7 Å². The summed E-state index contributed by atoms with van der Waals surface area (Å²) in [7, 11) is 1.35. The molecule has 0 unspecified atom stereocenters. The quantitative estimate of drug-likeness (QED) is 0.598. The number of nitrogens with zero attached hydrogens (tertiary/aromatic N) is 4. The summed E-state index contributed by atoms with van der Waals surface area (Å²) >= 11 is 0. The number of hydrogen-bond acceptors (Lipinski definition) is 7. The lowest BCUT2D eigenvalue weighted by atomic mass is 10.1. The lowest BCUT2D eigenvalue weighted by Crippen LogP contribution is -2.48. The number of nitrogens with two attached hydrogens (primary N) is 1. The number of carbonyl (C=O) groups excluding carboxylic acids is 1. The average molecular weight is 477 g/mol. The monoisotopic (exact) mass is 477 g/mol. The molecule has 1 aliphatic heterocycles. The van der Waals surface area contributed by atoms with E-state index in [9.17, 15) is 18.0 Å². The van der Waals surface area contributed by atoms with Crippen molar-refractivity contribution >= 4 is 16.8 Å². The van der Waals surface area contributed by atoms with Gasteiger partial charge in [0.05, 0.1) is 13.2 Å². The van der Waals surface area contributed by atoms with Crippen LogP contribution in [0.15, 0.2) is 28.7 Å². The van der Waals surface area contributed by atoms with Crippen LogP contribution in [0.1, 0.15) is 41.8 Å². The Labute approximate surface area is 194 Å². The van der Waals surface area contributed by atoms with E-state index >= 15 is 0 Å². The van der Waals surface area contributed by atoms with Gasteiger partial charge in [0.2, 0.25) is 5.89 Å². The second-order valence-electron chi connectivity index (χ2n) is 8.15. The molecule has 0 spiro atoms. The van der Waals surface area contributed by atoms with Crippen molar-refractivity contribution in [3.05, 3.63) is 41.4 Å². The molecule has 1 amide bonds. The van der Waals surface area contributed by atoms with Crippen molar-refractivity contribution in [1.82, 2.24) is 19.8 Å². The van der Waals surface area contributed by atoms with Gasteiger partial charge in [-0.05, 0) is 37.7 Å². The molecule has 182 valence electrons. The molecule has 0 radical (unpaired) electrons. The zero-order valence-electron chi connectivity index (χ0n) is 19.1. The molecule has 1 aliphatic rings. The van der Waals surface area contributed by atoms with E-state index in [2.05, 4.69) is 21.8 Å². The van der Waals surface area contributed by atoms with Crippen molar-refractivity contribution in [2.45, 2.75) is 26.1 Å². The predicted octanol–water partition coefficient (Wildman–Crippen LogP) is 3.71. The maximum absolute atomic E-state index is 13.3. The third kappa shape index (κ3) is 4.45. The molecule has 11 heteroatoms. The Hall–Kier alpha value is -3.18. The van der Waals surface area contributed by atoms with Gasteiger partial charge in [0.15, 0.2) is 11.5 Å². The normalized spacial score (nSPS) is 16.1. The van der Waals surface area contributed by atoms with Gasteiger partial charge in [-0.15, -0.1) is 0 Å². The van der Waals surface area contributed by atoms with E-state index in [4.69, 9.17) is 14.9 Å². The second-order valence-corrected chi connectivity index (χ2v) is 8.15. The maximum atomic E-state index is 13.3. The molecule has 1 fully saturated rings. The van der Waals surface area contributed by atoms with Gasteiger partial charge in [0.25, 0.3) is 5.91 Å². The standard InChI is InChI=1S/C23H26F3N5O3/c1-4-30-9-11-31(12-10-30)22(32)19-20(13(2)27)34-21(29-19)15-5-7-16(33-3)18-14(15)6-8-17(28-18)23(24,25)26/h5-8,13H,4,9-12,27H2,1-3H3/t13-/m0/s1. The minimum atomic E-state index is -4.61. The number of carbonyl (C=O) groups is 1. The largest absolute Gasteiger partial charge is 0.494 e. The molecule has 1 saturated heterocycles. The summed E-state index contributed by atoms with van der Waals surface area (Å²) in [5.41, 5.74) is 5.54. The van der Waals surface area contributed by atoms with E-state index in [1.807, 2.05) is 0 Å². The van der Waals surface area contributed by atoms with Gasteiger partial charge >= 0.3 is 6.18 Å². The zero-order valence-corrected chi connectivity index (χ0v) is 19.1. The SMILES string of the molecule is CCN1CCN(C(=O)c2nc(-c3ccc(OC)c4nc(C(F)(F)F)ccc34)oc2[C@H](C)N)CC1. The molecule has 3 heterocycles. The molecule has 0 saturated carbocycles. The van der Waals surface area contributed by atoms with Crippen molar-refractivity contribution < 1.29 is 27.1 Å². The number of methoxy groups -OCH3 is 1. The lowest BCUT2D eigenvalue weighted by Gasteiger charge is -2.33. The van der Waals surface area contributed by atoms with Crippen molar-refractivity contribution in [3.63, 3.8) is 0 Å². The minimum absolute atomic E-state index is 0.0129. The lowest BCUT2D eigenvalue weighted by molar-refractivity contribution is -0.140. The van der Waals surface area contributed by atoms with Crippen molar-refractivity contribution in [2.75, 3.05) is 39.8 Å². The fourth-order valence-corrected chi connectivity index (χ4v) is 4.03. The summed E-state index contributed by atoms with van der Waals surface area (Å²) in [6.07, 6.45) is -4.61. The Morgan fingerprint density at radius 1 is 1.18 bits per heavy atom. The van der Waals surface area contributed by atoms with E-state index in [1.165, 1.54) is 19.2 Å². The van der Waals surface area contributed by atoms with Crippen molar-refractivity contribution in [2.24, 2.45) is 5.73 Å². The van der Waals surface area contributed by atoms with E-state index in [0.29, 0.717) is 24.0 Å². The van der Waals surface area contributed by atoms with Gasteiger partial charge in [-0.25, -0.2) is 9.97 Å². The molecule has 34 heavy (non-hydrogen) atoms. The molecule has 1 aromatic carbocycles. The minimum Gasteiger partial charge on any atom is -0.494 e. The molecule has 3 aromatic rings. The van der Waals surface area contributed by atoms with Crippen LogP contribution in [0.25, 0.3) is 22.4 Å². The van der Waals surface area contributed by atoms with Gasteiger partial charge in [-0.2, -0.15) is 13.2 Å². The van der Waals surface area contributed by atoms with Crippen LogP contribution in [0, 0.1) is 0 Å². The fraction of sp³-hybridized carbons (Fsp3) is 0.435. The first-order chi connectivity index (χ1) is 16.1. The van der Waals surface area contributed by atoms with Crippen LogP contribution in [-0.4, -0.2) is 65.5 Å². The maximum Gasteiger partial charge on any atom is 0.433 e. The molecule has 2 N–H and O–H groups in total. The molecule has 2 aromatic heterocycles. The van der Waals surface area contributed by atoms with Gasteiger partial charge < -0.3 is 24.7 Å². The number of ether oxygens (including phenoxy) is 1. The summed E-state index contributed by atoms with van der Waals surface area (Å²) in [5, 5.41) is 0.348. The molecular weight excluding hydrogens is 451 g/mol. The smallest absolute Gasteiger partial charge is 0.433 e. The second kappa shape index (κ2) is 9.22. The number of likely N-dealkylation sites (N-methyl/N-ethyl adjacent to an activating group) is 1. The number of fused-ring (bicyclic) bond motifs is 1. The molecule has 8 nitrogen and oxygen atoms in total. The number of piperazine rings is 1. The van der Waals surface area contributed by atoms with Gasteiger partial charge in [0.1, 0.15) is 17.0 Å². The molecule has 0 bridgehead atoms. The Kier molecular flexibility index (Phi) is 6.50. The third-order valence-electron chi connectivity index (χ3n) is 5.94. The number of oxazole rings is 1. The number of hydrogen-bond donors (Lipinski definition) is 1. The van der Waals surface area contributed by atoms with Gasteiger partial charge in [-0.1, -0.05) is 6.92 Å². The number of benzene rings is 1. The van der Waals surface area contributed by atoms with Crippen LogP contribution >= 0.6 is 0 Å². The van der Waals surface area contributed by atoms with Gasteiger partial charge in [0, 0.05) is 37.1 Å². The number of alkyl halides is 3. The van der Waals surface area contributed by atoms with Crippen LogP contribution < -0.4 is 10.5 Å². The van der Waals surface area contributed by atoms with Crippen molar-refractivity contribution in [1.29, 1.82) is 0 Å². The summed E-state index contributed by atoms with van der Waals surface area (Å²) in [5.74, 6) is 0.195. The number of halogens is 3. The molecule has 1 atom stereocenters. The first-order valence-corrected chi connectivity index (χ1v) is 11.0. The summed E-state index contributed by atoms with van der Waals surface area (Å²) in [6, 6.07) is 4.67. The van der Waals surface area contributed by atoms with Crippen LogP contribution in [0.4, 0.5) is 13.2 Å². The zero-order chi connectivity index (χ0) is 24.6. The van der Waals surface area contributed by atoms with Crippen molar-refractivity contribution in [3.8, 4) is 17.2 Å². The Morgan fingerprint density at radius 3 is 2.47 bits per heavy atom. The van der Waals surface area contributed by atoms with Gasteiger partial charge in [-0.3, -0.25) is 4.79 Å². The Bertz CT molecular complexity index is 1200. The van der Waals surface area contributed by atoms with Crippen LogP contribution in [0.5, 0.6) is 5.75 Å². The summed E-state index contributed by atoms with van der Waals surface area (Å²) in [6.45, 7) is 7.30. The predicted molar refractivity (Wildman–Crippen MR) is 119 cm³/mol. The van der Waals surface area contributed by atoms with Crippen LogP contribution in [0.3, 0.4) is 0 Å². The number of pyridine rings is 1. The fourth-order valence-electron chi connectivity index (χ4n) is 4.03. The number of aromatic nitrogens is 2. The van der Waals surface area contributed by atoms with E-state index in [1.54, 1.807) is 17.9 Å². The van der Waals surface area contributed by atoms with E-state index in [-0.39, 0.29) is 34.5 Å². The molecule has 4 rings (SSSR count). The number of rotatable bonds is 5. The highest BCUT2D eigenvalue weighted by molar-refractivity contribution is 5.98. The van der Waals surface area contributed by atoms with E-state index < -0.39 is 17.9 Å². The summed E-state index contributed by atoms with van der Waals surface area (Å²) < 4.78 is 50.9. The summed E-state index contributed by atoms with van der Waals surface area (Å²) in [4.78, 5) is 25.4. The highest BCUT2D eigenvalue weighted by atomic mass is 19.4.